The maximum absolute atomic E-state index is 5.99. The third kappa shape index (κ3) is 3.71. The Labute approximate surface area is 157 Å². The third-order valence-electron chi connectivity index (χ3n) is 6.00. The van der Waals surface area contributed by atoms with Gasteiger partial charge in [-0.3, -0.25) is 9.80 Å². The molecule has 0 aromatic heterocycles. The lowest BCUT2D eigenvalue weighted by Gasteiger charge is -2.49. The summed E-state index contributed by atoms with van der Waals surface area (Å²) < 4.78 is 5.99. The molecule has 2 bridgehead atoms. The second-order valence-electron chi connectivity index (χ2n) is 7.82. The molecule has 2 saturated heterocycles. The molecule has 2 heterocycles. The molecule has 0 aliphatic carbocycles. The zero-order valence-corrected chi connectivity index (χ0v) is 15.8. The van der Waals surface area contributed by atoms with E-state index in [1.807, 2.05) is 0 Å². The quantitative estimate of drug-likeness (QED) is 0.752. The first-order valence-electron chi connectivity index (χ1n) is 9.94. The third-order valence-corrected chi connectivity index (χ3v) is 6.00. The van der Waals surface area contributed by atoms with Crippen LogP contribution in [0.1, 0.15) is 30.9 Å². The molecule has 0 saturated carbocycles. The summed E-state index contributed by atoms with van der Waals surface area (Å²) in [6, 6.07) is 22.4. The van der Waals surface area contributed by atoms with Gasteiger partial charge in [-0.2, -0.15) is 0 Å². The molecular weight excluding hydrogens is 320 g/mol. The van der Waals surface area contributed by atoms with Crippen molar-refractivity contribution in [3.05, 3.63) is 71.8 Å². The number of hydrogen-bond donors (Lipinski definition) is 0. The Morgan fingerprint density at radius 2 is 1.62 bits per heavy atom. The van der Waals surface area contributed by atoms with Crippen LogP contribution >= 0.6 is 0 Å². The Balaban J connectivity index is 1.53. The van der Waals surface area contributed by atoms with Crippen LogP contribution in [-0.2, 0) is 17.8 Å². The predicted molar refractivity (Wildman–Crippen MR) is 106 cm³/mol. The summed E-state index contributed by atoms with van der Waals surface area (Å²) in [7, 11) is 0. The lowest BCUT2D eigenvalue weighted by molar-refractivity contribution is -0.0573. The van der Waals surface area contributed by atoms with E-state index >= 15 is 0 Å². The molecule has 2 atom stereocenters. The van der Waals surface area contributed by atoms with Crippen molar-refractivity contribution in [2.75, 3.05) is 26.3 Å². The summed E-state index contributed by atoms with van der Waals surface area (Å²) >= 11 is 0. The molecule has 0 spiro atoms. The van der Waals surface area contributed by atoms with Gasteiger partial charge in [-0.05, 0) is 30.9 Å². The van der Waals surface area contributed by atoms with Gasteiger partial charge < -0.3 is 4.74 Å². The minimum atomic E-state index is 0.156. The number of rotatable bonds is 7. The maximum atomic E-state index is 5.99. The van der Waals surface area contributed by atoms with E-state index in [0.29, 0.717) is 6.04 Å². The molecular formula is C23H30N2O. The van der Waals surface area contributed by atoms with Crippen molar-refractivity contribution in [1.82, 2.24) is 9.80 Å². The van der Waals surface area contributed by atoms with Gasteiger partial charge in [-0.25, -0.2) is 0 Å². The van der Waals surface area contributed by atoms with Crippen LogP contribution in [0.4, 0.5) is 0 Å². The minimum Gasteiger partial charge on any atom is -0.380 e. The number of likely N-dealkylation sites (tertiary alicyclic amines) is 1. The van der Waals surface area contributed by atoms with E-state index in [9.17, 15) is 0 Å². The highest BCUT2D eigenvalue weighted by Crippen LogP contribution is 2.41. The summed E-state index contributed by atoms with van der Waals surface area (Å²) in [6.07, 6.45) is 2.53. The Morgan fingerprint density at radius 3 is 2.27 bits per heavy atom. The van der Waals surface area contributed by atoms with Gasteiger partial charge in [-0.1, -0.05) is 60.7 Å². The smallest absolute Gasteiger partial charge is 0.0663 e. The summed E-state index contributed by atoms with van der Waals surface area (Å²) in [5.41, 5.74) is 2.98. The van der Waals surface area contributed by atoms with E-state index < -0.39 is 0 Å². The standard InChI is InChI=1S/C23H30N2O/c1-2-26-19-23-14-13-22(25(23)16-21-11-7-4-8-12-21)17-24(18-23)15-20-9-5-3-6-10-20/h3-12,22H,2,13-19H2,1H3. The van der Waals surface area contributed by atoms with Gasteiger partial charge in [0.25, 0.3) is 0 Å². The summed E-state index contributed by atoms with van der Waals surface area (Å²) in [5, 5.41) is 0. The van der Waals surface area contributed by atoms with Crippen LogP contribution < -0.4 is 0 Å². The van der Waals surface area contributed by atoms with Crippen molar-refractivity contribution in [2.45, 2.75) is 44.4 Å². The Kier molecular flexibility index (Phi) is 5.39. The first kappa shape index (κ1) is 17.7. The van der Waals surface area contributed by atoms with Gasteiger partial charge in [0.1, 0.15) is 0 Å². The van der Waals surface area contributed by atoms with Crippen LogP contribution in [0.15, 0.2) is 60.7 Å². The molecule has 4 rings (SSSR count). The number of fused-ring (bicyclic) bond motifs is 2. The zero-order valence-electron chi connectivity index (χ0n) is 15.8. The summed E-state index contributed by atoms with van der Waals surface area (Å²) in [5.74, 6) is 0. The van der Waals surface area contributed by atoms with Crippen molar-refractivity contribution in [3.63, 3.8) is 0 Å². The molecule has 2 aliphatic heterocycles. The highest BCUT2D eigenvalue weighted by atomic mass is 16.5. The lowest BCUT2D eigenvalue weighted by atomic mass is 9.94. The normalized spacial score (nSPS) is 26.3. The predicted octanol–water partition coefficient (Wildman–Crippen LogP) is 3.94. The average molecular weight is 351 g/mol. The molecule has 138 valence electrons. The molecule has 0 radical (unpaired) electrons. The van der Waals surface area contributed by atoms with Crippen LogP contribution in [0.2, 0.25) is 0 Å². The minimum absolute atomic E-state index is 0.156. The first-order chi connectivity index (χ1) is 12.8. The maximum Gasteiger partial charge on any atom is 0.0663 e. The van der Waals surface area contributed by atoms with E-state index in [0.717, 1.165) is 39.4 Å². The van der Waals surface area contributed by atoms with Gasteiger partial charge in [0.15, 0.2) is 0 Å². The number of piperazine rings is 1. The Morgan fingerprint density at radius 1 is 0.962 bits per heavy atom. The topological polar surface area (TPSA) is 15.7 Å². The SMILES string of the molecule is CCOCC12CCC(CN(Cc3ccccc3)C1)N2Cc1ccccc1. The van der Waals surface area contributed by atoms with Gasteiger partial charge in [-0.15, -0.1) is 0 Å². The van der Waals surface area contributed by atoms with Crippen molar-refractivity contribution < 1.29 is 4.74 Å². The van der Waals surface area contributed by atoms with Crippen molar-refractivity contribution in [1.29, 1.82) is 0 Å². The van der Waals surface area contributed by atoms with E-state index in [1.165, 1.54) is 24.0 Å². The fourth-order valence-corrected chi connectivity index (χ4v) is 4.79. The van der Waals surface area contributed by atoms with Crippen molar-refractivity contribution in [3.8, 4) is 0 Å². The molecule has 2 aromatic carbocycles. The van der Waals surface area contributed by atoms with Crippen LogP contribution in [0.3, 0.4) is 0 Å². The van der Waals surface area contributed by atoms with E-state index in [4.69, 9.17) is 4.74 Å². The number of ether oxygens (including phenoxy) is 1. The second kappa shape index (κ2) is 7.91. The van der Waals surface area contributed by atoms with Gasteiger partial charge in [0.2, 0.25) is 0 Å². The van der Waals surface area contributed by atoms with Crippen LogP contribution in [-0.4, -0.2) is 47.7 Å². The number of nitrogens with zero attached hydrogens (tertiary/aromatic N) is 2. The molecule has 0 N–H and O–H groups in total. The highest BCUT2D eigenvalue weighted by Gasteiger charge is 2.51. The average Bonchev–Trinajstić information content (AvgIpc) is 2.88. The van der Waals surface area contributed by atoms with E-state index in [1.54, 1.807) is 0 Å². The Hall–Kier alpha value is -1.68. The van der Waals surface area contributed by atoms with Crippen molar-refractivity contribution in [2.24, 2.45) is 0 Å². The summed E-state index contributed by atoms with van der Waals surface area (Å²) in [6.45, 7) is 8.10. The Bertz CT molecular complexity index is 690. The lowest BCUT2D eigenvalue weighted by Crippen LogP contribution is -2.62. The number of hydrogen-bond acceptors (Lipinski definition) is 3. The molecule has 2 fully saturated rings. The fourth-order valence-electron chi connectivity index (χ4n) is 4.79. The van der Waals surface area contributed by atoms with E-state index in [-0.39, 0.29) is 5.54 Å². The molecule has 0 amide bonds. The first-order valence-corrected chi connectivity index (χ1v) is 9.94. The zero-order chi connectivity index (χ0) is 17.8. The fraction of sp³-hybridized carbons (Fsp3) is 0.478. The summed E-state index contributed by atoms with van der Waals surface area (Å²) in [4.78, 5) is 5.40. The monoisotopic (exact) mass is 350 g/mol. The van der Waals surface area contributed by atoms with E-state index in [2.05, 4.69) is 77.4 Å². The molecule has 2 unspecified atom stereocenters. The van der Waals surface area contributed by atoms with Crippen LogP contribution in [0, 0.1) is 0 Å². The molecule has 3 nitrogen and oxygen atoms in total. The molecule has 3 heteroatoms. The van der Waals surface area contributed by atoms with Gasteiger partial charge in [0.05, 0.1) is 12.1 Å². The molecule has 26 heavy (non-hydrogen) atoms. The molecule has 2 aromatic rings. The van der Waals surface area contributed by atoms with Gasteiger partial charge >= 0.3 is 0 Å². The number of benzene rings is 2. The highest BCUT2D eigenvalue weighted by molar-refractivity contribution is 5.19. The van der Waals surface area contributed by atoms with Gasteiger partial charge in [0, 0.05) is 38.8 Å². The molecule has 2 aliphatic rings. The largest absolute Gasteiger partial charge is 0.380 e. The van der Waals surface area contributed by atoms with Crippen LogP contribution in [0.25, 0.3) is 0 Å². The van der Waals surface area contributed by atoms with Crippen molar-refractivity contribution >= 4 is 0 Å². The van der Waals surface area contributed by atoms with Crippen LogP contribution in [0.5, 0.6) is 0 Å². The second-order valence-corrected chi connectivity index (χ2v) is 7.82.